The van der Waals surface area contributed by atoms with Crippen molar-refractivity contribution in [1.82, 2.24) is 15.3 Å². The van der Waals surface area contributed by atoms with Gasteiger partial charge in [-0.2, -0.15) is 0 Å². The number of aliphatic hydroxyl groups excluding tert-OH is 1. The number of nitrogens with zero attached hydrogens (tertiary/aromatic N) is 2. The van der Waals surface area contributed by atoms with Crippen LogP contribution >= 0.6 is 0 Å². The van der Waals surface area contributed by atoms with Crippen molar-refractivity contribution in [1.29, 1.82) is 0 Å². The smallest absolute Gasteiger partial charge is 0.253 e. The van der Waals surface area contributed by atoms with E-state index in [1.54, 1.807) is 12.3 Å². The Morgan fingerprint density at radius 3 is 2.83 bits per heavy atom. The van der Waals surface area contributed by atoms with Crippen LogP contribution in [0.5, 0.6) is 0 Å². The van der Waals surface area contributed by atoms with E-state index in [0.717, 1.165) is 37.5 Å². The number of aromatic nitrogens is 2. The van der Waals surface area contributed by atoms with Crippen LogP contribution in [-0.2, 0) is 0 Å². The first-order chi connectivity index (χ1) is 11.7. The Kier molecular flexibility index (Phi) is 5.25. The van der Waals surface area contributed by atoms with Gasteiger partial charge in [-0.3, -0.25) is 4.79 Å². The van der Waals surface area contributed by atoms with Crippen LogP contribution in [0, 0.1) is 0 Å². The molecule has 1 aliphatic carbocycles. The number of nitrogens with one attached hydrogen (secondary N) is 2. The lowest BCUT2D eigenvalue weighted by Crippen LogP contribution is -2.29. The lowest BCUT2D eigenvalue weighted by atomic mass is 9.93. The Hall–Kier alpha value is -2.21. The molecule has 1 aromatic carbocycles. The van der Waals surface area contributed by atoms with E-state index >= 15 is 0 Å². The SMILES string of the molecule is CCCNC(=O)c1cccc2cnc(N[C@H]3CC[C@H](O)CC3)nc12. The number of fused-ring (bicyclic) bond motifs is 1. The van der Waals surface area contributed by atoms with Gasteiger partial charge in [-0.05, 0) is 38.2 Å². The fourth-order valence-electron chi connectivity index (χ4n) is 3.05. The summed E-state index contributed by atoms with van der Waals surface area (Å²) < 4.78 is 0. The van der Waals surface area contributed by atoms with Gasteiger partial charge in [0.05, 0.1) is 17.2 Å². The van der Waals surface area contributed by atoms with Crippen molar-refractivity contribution in [3.05, 3.63) is 30.0 Å². The van der Waals surface area contributed by atoms with Gasteiger partial charge < -0.3 is 15.7 Å². The zero-order chi connectivity index (χ0) is 16.9. The summed E-state index contributed by atoms with van der Waals surface area (Å²) in [6.45, 7) is 2.67. The summed E-state index contributed by atoms with van der Waals surface area (Å²) in [5, 5.41) is 16.7. The molecule has 1 aliphatic rings. The number of aliphatic hydroxyl groups is 1. The molecule has 6 heteroatoms. The highest BCUT2D eigenvalue weighted by Gasteiger charge is 2.20. The fourth-order valence-corrected chi connectivity index (χ4v) is 3.05. The average Bonchev–Trinajstić information content (AvgIpc) is 2.61. The molecule has 128 valence electrons. The van der Waals surface area contributed by atoms with E-state index in [-0.39, 0.29) is 18.1 Å². The Morgan fingerprint density at radius 2 is 2.08 bits per heavy atom. The van der Waals surface area contributed by atoms with Crippen LogP contribution in [0.4, 0.5) is 5.95 Å². The van der Waals surface area contributed by atoms with E-state index in [2.05, 4.69) is 20.6 Å². The number of hydrogen-bond acceptors (Lipinski definition) is 5. The molecule has 2 aromatic rings. The zero-order valence-corrected chi connectivity index (χ0v) is 14.0. The van der Waals surface area contributed by atoms with Crippen molar-refractivity contribution in [2.24, 2.45) is 0 Å². The third kappa shape index (κ3) is 3.82. The second-order valence-corrected chi connectivity index (χ2v) is 6.34. The average molecular weight is 328 g/mol. The Bertz CT molecular complexity index is 711. The topological polar surface area (TPSA) is 87.1 Å². The summed E-state index contributed by atoms with van der Waals surface area (Å²) in [6, 6.07) is 5.82. The molecule has 0 radical (unpaired) electrons. The summed E-state index contributed by atoms with van der Waals surface area (Å²) >= 11 is 0. The van der Waals surface area contributed by atoms with Gasteiger partial charge in [0, 0.05) is 24.2 Å². The van der Waals surface area contributed by atoms with Crippen LogP contribution in [0.15, 0.2) is 24.4 Å². The van der Waals surface area contributed by atoms with Crippen molar-refractivity contribution < 1.29 is 9.90 Å². The van der Waals surface area contributed by atoms with E-state index in [4.69, 9.17) is 0 Å². The summed E-state index contributed by atoms with van der Waals surface area (Å²) in [4.78, 5) is 21.3. The van der Waals surface area contributed by atoms with Gasteiger partial charge in [0.2, 0.25) is 5.95 Å². The van der Waals surface area contributed by atoms with E-state index in [0.29, 0.717) is 23.6 Å². The van der Waals surface area contributed by atoms with E-state index in [9.17, 15) is 9.90 Å². The summed E-state index contributed by atoms with van der Waals surface area (Å²) in [5.41, 5.74) is 1.24. The van der Waals surface area contributed by atoms with Crippen LogP contribution in [0.2, 0.25) is 0 Å². The molecule has 1 fully saturated rings. The van der Waals surface area contributed by atoms with Crippen LogP contribution in [-0.4, -0.2) is 39.7 Å². The third-order valence-corrected chi connectivity index (χ3v) is 4.42. The molecule has 1 saturated carbocycles. The minimum atomic E-state index is -0.186. The van der Waals surface area contributed by atoms with Crippen LogP contribution in [0.25, 0.3) is 10.9 Å². The molecular formula is C18H24N4O2. The maximum absolute atomic E-state index is 12.3. The number of rotatable bonds is 5. The minimum absolute atomic E-state index is 0.104. The highest BCUT2D eigenvalue weighted by atomic mass is 16.3. The fraction of sp³-hybridized carbons (Fsp3) is 0.500. The number of benzene rings is 1. The van der Waals surface area contributed by atoms with Gasteiger partial charge in [-0.15, -0.1) is 0 Å². The second kappa shape index (κ2) is 7.57. The standard InChI is InChI=1S/C18H24N4O2/c1-2-10-19-17(24)15-5-3-4-12-11-20-18(22-16(12)15)21-13-6-8-14(23)9-7-13/h3-5,11,13-14,23H,2,6-10H2,1H3,(H,19,24)(H,20,21,22)/t13-,14-. The molecule has 1 aromatic heterocycles. The second-order valence-electron chi connectivity index (χ2n) is 6.34. The first-order valence-electron chi connectivity index (χ1n) is 8.66. The first kappa shape index (κ1) is 16.6. The first-order valence-corrected chi connectivity index (χ1v) is 8.66. The van der Waals surface area contributed by atoms with Gasteiger partial charge in [0.1, 0.15) is 0 Å². The molecule has 0 unspecified atom stereocenters. The lowest BCUT2D eigenvalue weighted by Gasteiger charge is -2.26. The maximum Gasteiger partial charge on any atom is 0.253 e. The molecule has 6 nitrogen and oxygen atoms in total. The summed E-state index contributed by atoms with van der Waals surface area (Å²) in [5.74, 6) is 0.438. The van der Waals surface area contributed by atoms with E-state index in [1.165, 1.54) is 0 Å². The minimum Gasteiger partial charge on any atom is -0.393 e. The summed E-state index contributed by atoms with van der Waals surface area (Å²) in [6.07, 6.45) is 5.87. The van der Waals surface area contributed by atoms with Crippen molar-refractivity contribution >= 4 is 22.8 Å². The highest BCUT2D eigenvalue weighted by Crippen LogP contribution is 2.22. The monoisotopic (exact) mass is 328 g/mol. The molecule has 0 bridgehead atoms. The molecule has 0 saturated heterocycles. The van der Waals surface area contributed by atoms with Gasteiger partial charge >= 0.3 is 0 Å². The van der Waals surface area contributed by atoms with Gasteiger partial charge in [-0.1, -0.05) is 19.1 Å². The van der Waals surface area contributed by atoms with E-state index in [1.807, 2.05) is 19.1 Å². The van der Waals surface area contributed by atoms with Gasteiger partial charge in [0.15, 0.2) is 0 Å². The lowest BCUT2D eigenvalue weighted by molar-refractivity contribution is 0.0955. The molecule has 0 atom stereocenters. The van der Waals surface area contributed by atoms with Crippen molar-refractivity contribution in [2.45, 2.75) is 51.2 Å². The highest BCUT2D eigenvalue weighted by molar-refractivity contribution is 6.05. The van der Waals surface area contributed by atoms with Crippen molar-refractivity contribution in [3.63, 3.8) is 0 Å². The zero-order valence-electron chi connectivity index (χ0n) is 14.0. The quantitative estimate of drug-likeness (QED) is 0.785. The van der Waals surface area contributed by atoms with Crippen LogP contribution in [0.3, 0.4) is 0 Å². The molecule has 0 aliphatic heterocycles. The Balaban J connectivity index is 1.82. The van der Waals surface area contributed by atoms with Gasteiger partial charge in [-0.25, -0.2) is 9.97 Å². The number of carbonyl (C=O) groups is 1. The Labute approximate surface area is 141 Å². The molecular weight excluding hydrogens is 304 g/mol. The third-order valence-electron chi connectivity index (χ3n) is 4.42. The molecule has 1 amide bonds. The number of carbonyl (C=O) groups excluding carboxylic acids is 1. The molecule has 1 heterocycles. The molecule has 24 heavy (non-hydrogen) atoms. The van der Waals surface area contributed by atoms with Crippen LogP contribution < -0.4 is 10.6 Å². The molecule has 3 rings (SSSR count). The number of anilines is 1. The normalized spacial score (nSPS) is 20.8. The predicted molar refractivity (Wildman–Crippen MR) is 94.0 cm³/mol. The van der Waals surface area contributed by atoms with Gasteiger partial charge in [0.25, 0.3) is 5.91 Å². The number of para-hydroxylation sites is 1. The van der Waals surface area contributed by atoms with Crippen molar-refractivity contribution in [2.75, 3.05) is 11.9 Å². The van der Waals surface area contributed by atoms with Crippen molar-refractivity contribution in [3.8, 4) is 0 Å². The molecule has 0 spiro atoms. The summed E-state index contributed by atoms with van der Waals surface area (Å²) in [7, 11) is 0. The largest absolute Gasteiger partial charge is 0.393 e. The number of hydrogen-bond donors (Lipinski definition) is 3. The van der Waals surface area contributed by atoms with Crippen LogP contribution in [0.1, 0.15) is 49.4 Å². The number of amides is 1. The molecule has 3 N–H and O–H groups in total. The Morgan fingerprint density at radius 1 is 1.29 bits per heavy atom. The predicted octanol–water partition coefficient (Wildman–Crippen LogP) is 2.49. The maximum atomic E-state index is 12.3. The van der Waals surface area contributed by atoms with E-state index < -0.39 is 0 Å².